The third-order valence-electron chi connectivity index (χ3n) is 4.81. The monoisotopic (exact) mass is 240 g/mol. The quantitative estimate of drug-likeness (QED) is 0.815. The summed E-state index contributed by atoms with van der Waals surface area (Å²) < 4.78 is 5.58. The SMILES string of the molecule is CC1CCC(CN)(N(C)CC2CCCOC2)C1. The van der Waals surface area contributed by atoms with E-state index < -0.39 is 0 Å². The molecule has 3 heteroatoms. The van der Waals surface area contributed by atoms with Gasteiger partial charge in [0.25, 0.3) is 0 Å². The van der Waals surface area contributed by atoms with Crippen LogP contribution >= 0.6 is 0 Å². The highest BCUT2D eigenvalue weighted by Gasteiger charge is 2.40. The standard InChI is InChI=1S/C14H28N2O/c1-12-5-6-14(8-12,11-15)16(2)9-13-4-3-7-17-10-13/h12-13H,3-11,15H2,1-2H3. The fraction of sp³-hybridized carbons (Fsp3) is 1.00. The van der Waals surface area contributed by atoms with Crippen LogP contribution < -0.4 is 5.73 Å². The predicted octanol–water partition coefficient (Wildman–Crippen LogP) is 1.86. The Morgan fingerprint density at radius 3 is 2.76 bits per heavy atom. The maximum atomic E-state index is 6.06. The average Bonchev–Trinajstić information content (AvgIpc) is 2.73. The first-order chi connectivity index (χ1) is 8.16. The van der Waals surface area contributed by atoms with Crippen LogP contribution in [0.4, 0.5) is 0 Å². The van der Waals surface area contributed by atoms with Crippen molar-refractivity contribution in [1.82, 2.24) is 4.90 Å². The fourth-order valence-electron chi connectivity index (χ4n) is 3.59. The maximum Gasteiger partial charge on any atom is 0.0506 e. The molecule has 3 nitrogen and oxygen atoms in total. The van der Waals surface area contributed by atoms with Crippen LogP contribution in [0, 0.1) is 11.8 Å². The topological polar surface area (TPSA) is 38.5 Å². The second-order valence-electron chi connectivity index (χ2n) is 6.24. The minimum absolute atomic E-state index is 0.275. The van der Waals surface area contributed by atoms with Gasteiger partial charge in [0.2, 0.25) is 0 Å². The van der Waals surface area contributed by atoms with E-state index in [2.05, 4.69) is 18.9 Å². The number of rotatable bonds is 4. The summed E-state index contributed by atoms with van der Waals surface area (Å²) in [5.41, 5.74) is 6.34. The van der Waals surface area contributed by atoms with Gasteiger partial charge in [0.1, 0.15) is 0 Å². The fourth-order valence-corrected chi connectivity index (χ4v) is 3.59. The Morgan fingerprint density at radius 1 is 1.41 bits per heavy atom. The summed E-state index contributed by atoms with van der Waals surface area (Å²) in [7, 11) is 2.26. The molecule has 2 rings (SSSR count). The largest absolute Gasteiger partial charge is 0.381 e. The lowest BCUT2D eigenvalue weighted by atomic mass is 9.92. The normalized spacial score (nSPS) is 38.8. The first kappa shape index (κ1) is 13.3. The van der Waals surface area contributed by atoms with Crippen molar-refractivity contribution in [1.29, 1.82) is 0 Å². The molecule has 2 fully saturated rings. The molecule has 3 unspecified atom stereocenters. The Labute approximate surface area is 106 Å². The summed E-state index contributed by atoms with van der Waals surface area (Å²) in [4.78, 5) is 2.54. The molecule has 2 N–H and O–H groups in total. The number of hydrogen-bond acceptors (Lipinski definition) is 3. The third kappa shape index (κ3) is 3.01. The number of nitrogens with two attached hydrogens (primary N) is 1. The first-order valence-corrected chi connectivity index (χ1v) is 7.15. The lowest BCUT2D eigenvalue weighted by Gasteiger charge is -2.40. The van der Waals surface area contributed by atoms with E-state index in [-0.39, 0.29) is 5.54 Å². The van der Waals surface area contributed by atoms with Gasteiger partial charge in [0.05, 0.1) is 6.61 Å². The van der Waals surface area contributed by atoms with E-state index in [1.807, 2.05) is 0 Å². The van der Waals surface area contributed by atoms with Crippen LogP contribution in [0.25, 0.3) is 0 Å². The highest BCUT2D eigenvalue weighted by atomic mass is 16.5. The molecule has 0 radical (unpaired) electrons. The van der Waals surface area contributed by atoms with E-state index >= 15 is 0 Å². The molecule has 0 bridgehead atoms. The highest BCUT2D eigenvalue weighted by Crippen LogP contribution is 2.38. The van der Waals surface area contributed by atoms with Crippen LogP contribution in [0.2, 0.25) is 0 Å². The molecule has 3 atom stereocenters. The van der Waals surface area contributed by atoms with Crippen molar-refractivity contribution in [2.45, 2.75) is 44.6 Å². The summed E-state index contributed by atoms with van der Waals surface area (Å²) in [5.74, 6) is 1.55. The minimum atomic E-state index is 0.275. The van der Waals surface area contributed by atoms with Gasteiger partial charge in [-0.1, -0.05) is 6.92 Å². The molecule has 0 amide bonds. The molecule has 17 heavy (non-hydrogen) atoms. The average molecular weight is 240 g/mol. The summed E-state index contributed by atoms with van der Waals surface area (Å²) in [6.07, 6.45) is 6.43. The summed E-state index contributed by atoms with van der Waals surface area (Å²) in [6, 6.07) is 0. The lowest BCUT2D eigenvalue weighted by Crippen LogP contribution is -2.52. The first-order valence-electron chi connectivity index (χ1n) is 7.15. The van der Waals surface area contributed by atoms with Crippen molar-refractivity contribution in [3.8, 4) is 0 Å². The van der Waals surface area contributed by atoms with Crippen molar-refractivity contribution in [3.05, 3.63) is 0 Å². The van der Waals surface area contributed by atoms with Crippen molar-refractivity contribution >= 4 is 0 Å². The molecule has 100 valence electrons. The van der Waals surface area contributed by atoms with E-state index in [9.17, 15) is 0 Å². The Morgan fingerprint density at radius 2 is 2.24 bits per heavy atom. The van der Waals surface area contributed by atoms with E-state index in [0.29, 0.717) is 5.92 Å². The van der Waals surface area contributed by atoms with Crippen LogP contribution in [-0.2, 0) is 4.74 Å². The smallest absolute Gasteiger partial charge is 0.0506 e. The molecule has 0 aromatic rings. The molecule has 0 spiro atoms. The van der Waals surface area contributed by atoms with Gasteiger partial charge in [-0.2, -0.15) is 0 Å². The van der Waals surface area contributed by atoms with Gasteiger partial charge >= 0.3 is 0 Å². The van der Waals surface area contributed by atoms with E-state index in [0.717, 1.165) is 32.2 Å². The Hall–Kier alpha value is -0.120. The zero-order chi connectivity index (χ0) is 12.3. The zero-order valence-electron chi connectivity index (χ0n) is 11.5. The van der Waals surface area contributed by atoms with Crippen LogP contribution in [0.15, 0.2) is 0 Å². The molecule has 2 aliphatic rings. The number of ether oxygens (including phenoxy) is 1. The van der Waals surface area contributed by atoms with Crippen molar-refractivity contribution in [2.24, 2.45) is 17.6 Å². The Kier molecular flexibility index (Phi) is 4.45. The number of hydrogen-bond donors (Lipinski definition) is 1. The lowest BCUT2D eigenvalue weighted by molar-refractivity contribution is 0.0209. The summed E-state index contributed by atoms with van der Waals surface area (Å²) >= 11 is 0. The van der Waals surface area contributed by atoms with Gasteiger partial charge in [-0.15, -0.1) is 0 Å². The third-order valence-corrected chi connectivity index (χ3v) is 4.81. The van der Waals surface area contributed by atoms with E-state index in [1.165, 1.54) is 32.1 Å². The minimum Gasteiger partial charge on any atom is -0.381 e. The second-order valence-corrected chi connectivity index (χ2v) is 6.24. The second kappa shape index (κ2) is 5.68. The molecule has 1 aliphatic heterocycles. The van der Waals surface area contributed by atoms with Crippen molar-refractivity contribution in [3.63, 3.8) is 0 Å². The molecule has 1 heterocycles. The number of likely N-dealkylation sites (N-methyl/N-ethyl adjacent to an activating group) is 1. The van der Waals surface area contributed by atoms with Gasteiger partial charge in [0.15, 0.2) is 0 Å². The predicted molar refractivity (Wildman–Crippen MR) is 71.0 cm³/mol. The van der Waals surface area contributed by atoms with Gasteiger partial charge in [-0.3, -0.25) is 4.90 Å². The van der Waals surface area contributed by atoms with Crippen molar-refractivity contribution < 1.29 is 4.74 Å². The van der Waals surface area contributed by atoms with Gasteiger partial charge < -0.3 is 10.5 Å². The Balaban J connectivity index is 1.90. The van der Waals surface area contributed by atoms with Crippen LogP contribution in [0.3, 0.4) is 0 Å². The van der Waals surface area contributed by atoms with Crippen molar-refractivity contribution in [2.75, 3.05) is 33.4 Å². The van der Waals surface area contributed by atoms with Crippen LogP contribution in [0.1, 0.15) is 39.0 Å². The van der Waals surface area contributed by atoms with Crippen LogP contribution in [0.5, 0.6) is 0 Å². The van der Waals surface area contributed by atoms with Gasteiger partial charge in [-0.05, 0) is 51.0 Å². The molecule has 1 aliphatic carbocycles. The highest BCUT2D eigenvalue weighted by molar-refractivity contribution is 4.97. The van der Waals surface area contributed by atoms with E-state index in [4.69, 9.17) is 10.5 Å². The molecule has 0 aromatic heterocycles. The maximum absolute atomic E-state index is 6.06. The van der Waals surface area contributed by atoms with Crippen LogP contribution in [-0.4, -0.2) is 43.8 Å². The molecule has 1 saturated heterocycles. The molecule has 0 aromatic carbocycles. The molecular weight excluding hydrogens is 212 g/mol. The summed E-state index contributed by atoms with van der Waals surface area (Å²) in [5, 5.41) is 0. The summed E-state index contributed by atoms with van der Waals surface area (Å²) in [6.45, 7) is 6.22. The number of nitrogens with zero attached hydrogens (tertiary/aromatic N) is 1. The Bertz CT molecular complexity index is 240. The van der Waals surface area contributed by atoms with E-state index in [1.54, 1.807) is 0 Å². The molecule has 1 saturated carbocycles. The van der Waals surface area contributed by atoms with Gasteiger partial charge in [-0.25, -0.2) is 0 Å². The molecular formula is C14H28N2O. The van der Waals surface area contributed by atoms with Gasteiger partial charge in [0, 0.05) is 25.2 Å². The zero-order valence-corrected chi connectivity index (χ0v) is 11.5.